The van der Waals surface area contributed by atoms with Crippen LogP contribution >= 0.6 is 15.9 Å². The van der Waals surface area contributed by atoms with Crippen molar-refractivity contribution in [1.82, 2.24) is 0 Å². The van der Waals surface area contributed by atoms with Crippen molar-refractivity contribution in [3.8, 4) is 0 Å². The van der Waals surface area contributed by atoms with Crippen molar-refractivity contribution in [2.45, 2.75) is 19.3 Å². The van der Waals surface area contributed by atoms with E-state index in [-0.39, 0.29) is 5.82 Å². The number of rotatable bonds is 3. The molecule has 0 aliphatic heterocycles. The highest BCUT2D eigenvalue weighted by Crippen LogP contribution is 2.25. The molecule has 1 atom stereocenters. The van der Waals surface area contributed by atoms with Gasteiger partial charge in [0.05, 0.1) is 5.69 Å². The molecule has 3 heteroatoms. The molecule has 0 fully saturated rings. The number of anilines is 1. The van der Waals surface area contributed by atoms with E-state index in [1.54, 1.807) is 6.07 Å². The third-order valence-electron chi connectivity index (χ3n) is 2.89. The summed E-state index contributed by atoms with van der Waals surface area (Å²) in [4.78, 5) is 0. The molecule has 1 nitrogen and oxygen atoms in total. The van der Waals surface area contributed by atoms with E-state index >= 15 is 0 Å². The molecule has 0 spiro atoms. The quantitative estimate of drug-likeness (QED) is 0.813. The van der Waals surface area contributed by atoms with Gasteiger partial charge in [-0.15, -0.1) is 0 Å². The molecule has 0 amide bonds. The minimum Gasteiger partial charge on any atom is -0.384 e. The maximum Gasteiger partial charge on any atom is 0.125 e. The summed E-state index contributed by atoms with van der Waals surface area (Å²) in [6.45, 7) is 0.909. The number of hydrogen-bond donors (Lipinski definition) is 1. The zero-order chi connectivity index (χ0) is 11.4. The molecule has 0 saturated heterocycles. The van der Waals surface area contributed by atoms with Crippen molar-refractivity contribution in [2.24, 2.45) is 5.92 Å². The molecule has 16 heavy (non-hydrogen) atoms. The average Bonchev–Trinajstić information content (AvgIpc) is 2.32. The van der Waals surface area contributed by atoms with E-state index in [9.17, 15) is 4.39 Å². The lowest BCUT2D eigenvalue weighted by molar-refractivity contribution is 0.504. The van der Waals surface area contributed by atoms with Gasteiger partial charge in [0.1, 0.15) is 5.82 Å². The van der Waals surface area contributed by atoms with E-state index in [0.717, 1.165) is 29.5 Å². The smallest absolute Gasteiger partial charge is 0.125 e. The number of halogens is 2. The van der Waals surface area contributed by atoms with E-state index in [1.165, 1.54) is 18.6 Å². The van der Waals surface area contributed by atoms with Gasteiger partial charge in [-0.1, -0.05) is 12.2 Å². The van der Waals surface area contributed by atoms with Gasteiger partial charge in [-0.2, -0.15) is 0 Å². The number of nitrogens with one attached hydrogen (secondary N) is 1. The summed E-state index contributed by atoms with van der Waals surface area (Å²) >= 11 is 3.41. The maximum absolute atomic E-state index is 13.0. The fourth-order valence-electron chi connectivity index (χ4n) is 1.93. The first kappa shape index (κ1) is 11.6. The summed E-state index contributed by atoms with van der Waals surface area (Å²) in [6.07, 6.45) is 7.97. The molecule has 1 aliphatic carbocycles. The van der Waals surface area contributed by atoms with Crippen LogP contribution < -0.4 is 5.32 Å². The van der Waals surface area contributed by atoms with Crippen LogP contribution in [0.15, 0.2) is 34.8 Å². The Morgan fingerprint density at radius 1 is 1.38 bits per heavy atom. The highest BCUT2D eigenvalue weighted by Gasteiger charge is 2.10. The Morgan fingerprint density at radius 3 is 3.00 bits per heavy atom. The molecule has 1 aliphatic rings. The molecule has 0 saturated carbocycles. The van der Waals surface area contributed by atoms with Crippen LogP contribution in [0.4, 0.5) is 10.1 Å². The minimum absolute atomic E-state index is 0.200. The maximum atomic E-state index is 13.0. The average molecular weight is 284 g/mol. The third kappa shape index (κ3) is 3.08. The molecule has 1 aromatic rings. The summed E-state index contributed by atoms with van der Waals surface area (Å²) in [6, 6.07) is 4.72. The predicted molar refractivity (Wildman–Crippen MR) is 69.1 cm³/mol. The number of allylic oxidation sites excluding steroid dienone is 2. The van der Waals surface area contributed by atoms with Gasteiger partial charge in [-0.25, -0.2) is 4.39 Å². The second-order valence-electron chi connectivity index (χ2n) is 4.16. The van der Waals surface area contributed by atoms with Gasteiger partial charge in [0.15, 0.2) is 0 Å². The van der Waals surface area contributed by atoms with Gasteiger partial charge < -0.3 is 5.32 Å². The molecule has 0 heterocycles. The lowest BCUT2D eigenvalue weighted by Gasteiger charge is -2.19. The van der Waals surface area contributed by atoms with Crippen molar-refractivity contribution in [2.75, 3.05) is 11.9 Å². The monoisotopic (exact) mass is 283 g/mol. The highest BCUT2D eigenvalue weighted by atomic mass is 79.9. The largest absolute Gasteiger partial charge is 0.384 e. The zero-order valence-electron chi connectivity index (χ0n) is 9.05. The highest BCUT2D eigenvalue weighted by molar-refractivity contribution is 9.10. The van der Waals surface area contributed by atoms with Gasteiger partial charge >= 0.3 is 0 Å². The Labute approximate surface area is 104 Å². The van der Waals surface area contributed by atoms with Gasteiger partial charge in [0, 0.05) is 11.0 Å². The summed E-state index contributed by atoms with van der Waals surface area (Å²) in [5, 5.41) is 3.30. The Bertz CT molecular complexity index is 390. The number of hydrogen-bond acceptors (Lipinski definition) is 1. The fourth-order valence-corrected chi connectivity index (χ4v) is 2.32. The SMILES string of the molecule is Fc1ccc(Br)c(NCC2CC=CCC2)c1. The van der Waals surface area contributed by atoms with E-state index < -0.39 is 0 Å². The first-order valence-electron chi connectivity index (χ1n) is 5.59. The van der Waals surface area contributed by atoms with Gasteiger partial charge in [0.2, 0.25) is 0 Å². The van der Waals surface area contributed by atoms with Crippen LogP contribution in [0.1, 0.15) is 19.3 Å². The molecule has 1 N–H and O–H groups in total. The zero-order valence-corrected chi connectivity index (χ0v) is 10.6. The molecular weight excluding hydrogens is 269 g/mol. The van der Waals surface area contributed by atoms with E-state index in [1.807, 2.05) is 0 Å². The standard InChI is InChI=1S/C13H15BrFN/c14-12-7-6-11(15)8-13(12)16-9-10-4-2-1-3-5-10/h1-2,6-8,10,16H,3-5,9H2. The Kier molecular flexibility index (Phi) is 3.99. The summed E-state index contributed by atoms with van der Waals surface area (Å²) < 4.78 is 14.0. The van der Waals surface area contributed by atoms with Crippen molar-refractivity contribution < 1.29 is 4.39 Å². The third-order valence-corrected chi connectivity index (χ3v) is 3.58. The van der Waals surface area contributed by atoms with Crippen molar-refractivity contribution in [1.29, 1.82) is 0 Å². The lowest BCUT2D eigenvalue weighted by Crippen LogP contribution is -2.15. The van der Waals surface area contributed by atoms with Crippen LogP contribution in [0.3, 0.4) is 0 Å². The van der Waals surface area contributed by atoms with Gasteiger partial charge in [0.25, 0.3) is 0 Å². The predicted octanol–water partition coefficient (Wildman–Crippen LogP) is 4.36. The lowest BCUT2D eigenvalue weighted by atomic mass is 9.94. The Balaban J connectivity index is 1.93. The van der Waals surface area contributed by atoms with Crippen LogP contribution in [0.2, 0.25) is 0 Å². The van der Waals surface area contributed by atoms with Gasteiger partial charge in [-0.3, -0.25) is 0 Å². The molecule has 0 bridgehead atoms. The number of benzene rings is 1. The molecule has 86 valence electrons. The Morgan fingerprint density at radius 2 is 2.25 bits per heavy atom. The topological polar surface area (TPSA) is 12.0 Å². The Hall–Kier alpha value is -0.830. The first-order valence-corrected chi connectivity index (χ1v) is 6.39. The first-order chi connectivity index (χ1) is 7.75. The minimum atomic E-state index is -0.200. The molecule has 0 aromatic heterocycles. The van der Waals surface area contributed by atoms with Crippen LogP contribution in [0.25, 0.3) is 0 Å². The van der Waals surface area contributed by atoms with E-state index in [4.69, 9.17) is 0 Å². The van der Waals surface area contributed by atoms with Crippen LogP contribution in [-0.4, -0.2) is 6.54 Å². The molecule has 0 radical (unpaired) electrons. The summed E-state index contributed by atoms with van der Waals surface area (Å²) in [7, 11) is 0. The van der Waals surface area contributed by atoms with E-state index in [0.29, 0.717) is 5.92 Å². The fraction of sp³-hybridized carbons (Fsp3) is 0.385. The van der Waals surface area contributed by atoms with Crippen molar-refractivity contribution in [3.05, 3.63) is 40.6 Å². The molecular formula is C13H15BrFN. The normalized spacial score (nSPS) is 19.8. The van der Waals surface area contributed by atoms with Crippen LogP contribution in [-0.2, 0) is 0 Å². The molecule has 1 unspecified atom stereocenters. The summed E-state index contributed by atoms with van der Waals surface area (Å²) in [5.41, 5.74) is 0.842. The second kappa shape index (κ2) is 5.48. The summed E-state index contributed by atoms with van der Waals surface area (Å²) in [5.74, 6) is 0.467. The molecule has 2 rings (SSSR count). The van der Waals surface area contributed by atoms with Crippen molar-refractivity contribution >= 4 is 21.6 Å². The van der Waals surface area contributed by atoms with Crippen LogP contribution in [0, 0.1) is 11.7 Å². The van der Waals surface area contributed by atoms with E-state index in [2.05, 4.69) is 33.4 Å². The van der Waals surface area contributed by atoms with Crippen molar-refractivity contribution in [3.63, 3.8) is 0 Å². The van der Waals surface area contributed by atoms with Gasteiger partial charge in [-0.05, 0) is 59.3 Å². The second-order valence-corrected chi connectivity index (χ2v) is 5.01. The van der Waals surface area contributed by atoms with Crippen LogP contribution in [0.5, 0.6) is 0 Å². The molecule has 1 aromatic carbocycles.